The predicted molar refractivity (Wildman–Crippen MR) is 97.5 cm³/mol. The molecule has 0 spiro atoms. The van der Waals surface area contributed by atoms with Gasteiger partial charge in [0, 0.05) is 5.92 Å². The molecule has 140 valence electrons. The summed E-state index contributed by atoms with van der Waals surface area (Å²) >= 11 is 0. The van der Waals surface area contributed by atoms with E-state index in [9.17, 15) is 4.79 Å². The Balaban J connectivity index is 2.20. The lowest BCUT2D eigenvalue weighted by Crippen LogP contribution is -2.42. The molecule has 2 rings (SSSR count). The molecule has 0 aliphatic carbocycles. The number of benzene rings is 1. The van der Waals surface area contributed by atoms with Crippen molar-refractivity contribution in [1.29, 1.82) is 0 Å². The second-order valence-corrected chi connectivity index (χ2v) is 7.41. The van der Waals surface area contributed by atoms with Crippen molar-refractivity contribution in [3.8, 4) is 5.75 Å². The van der Waals surface area contributed by atoms with Gasteiger partial charge in [-0.1, -0.05) is 38.0 Å². The highest BCUT2D eigenvalue weighted by molar-refractivity contribution is 5.75. The lowest BCUT2D eigenvalue weighted by Gasteiger charge is -2.31. The Morgan fingerprint density at radius 3 is 2.56 bits per heavy atom. The highest BCUT2D eigenvalue weighted by Crippen LogP contribution is 2.26. The normalized spacial score (nSPS) is 28.0. The van der Waals surface area contributed by atoms with Crippen molar-refractivity contribution in [1.82, 2.24) is 0 Å². The van der Waals surface area contributed by atoms with Gasteiger partial charge in [-0.15, -0.1) is 0 Å². The average molecular weight is 349 g/mol. The molecule has 1 aliphatic rings. The summed E-state index contributed by atoms with van der Waals surface area (Å²) in [6, 6.07) is 7.17. The minimum atomic E-state index is -0.744. The fourth-order valence-corrected chi connectivity index (χ4v) is 2.99. The zero-order valence-corrected chi connectivity index (χ0v) is 15.7. The van der Waals surface area contributed by atoms with Crippen molar-refractivity contribution in [2.75, 3.05) is 13.2 Å². The Morgan fingerprint density at radius 1 is 1.24 bits per heavy atom. The van der Waals surface area contributed by atoms with E-state index in [1.807, 2.05) is 38.1 Å². The Hall–Kier alpha value is -1.59. The summed E-state index contributed by atoms with van der Waals surface area (Å²) in [5.74, 6) is 1.07. The molecule has 4 atom stereocenters. The number of ether oxygens (including phenoxy) is 3. The number of hydrogen-bond donors (Lipinski definition) is 1. The maximum absolute atomic E-state index is 12.1. The minimum absolute atomic E-state index is 0.136. The van der Waals surface area contributed by atoms with Gasteiger partial charge in [0.15, 0.2) is 0 Å². The lowest BCUT2D eigenvalue weighted by atomic mass is 9.91. The number of nitrogens with two attached hydrogens (primary N) is 1. The number of aryl methyl sites for hydroxylation is 1. The summed E-state index contributed by atoms with van der Waals surface area (Å²) in [5.41, 5.74) is 6.99. The fourth-order valence-electron chi connectivity index (χ4n) is 2.99. The molecule has 0 radical (unpaired) electrons. The molecule has 5 nitrogen and oxygen atoms in total. The van der Waals surface area contributed by atoms with Crippen LogP contribution in [0, 0.1) is 18.8 Å². The first-order valence-electron chi connectivity index (χ1n) is 9.14. The van der Waals surface area contributed by atoms with Crippen LogP contribution in [0.5, 0.6) is 5.75 Å². The van der Waals surface area contributed by atoms with Gasteiger partial charge in [0.05, 0.1) is 13.2 Å². The van der Waals surface area contributed by atoms with E-state index < -0.39 is 18.1 Å². The molecule has 25 heavy (non-hydrogen) atoms. The van der Waals surface area contributed by atoms with Gasteiger partial charge >= 0.3 is 5.97 Å². The van der Waals surface area contributed by atoms with Crippen LogP contribution in [0.3, 0.4) is 0 Å². The van der Waals surface area contributed by atoms with Crippen LogP contribution < -0.4 is 10.5 Å². The van der Waals surface area contributed by atoms with Crippen molar-refractivity contribution in [3.63, 3.8) is 0 Å². The first kappa shape index (κ1) is 19.7. The first-order chi connectivity index (χ1) is 11.9. The molecule has 1 saturated heterocycles. The Labute approximate surface area is 150 Å². The molecule has 5 heteroatoms. The molecule has 1 aliphatic heterocycles. The van der Waals surface area contributed by atoms with Crippen LogP contribution in [-0.4, -0.2) is 37.4 Å². The number of hydrogen-bond acceptors (Lipinski definition) is 5. The van der Waals surface area contributed by atoms with Crippen LogP contribution in [0.25, 0.3) is 0 Å². The quantitative estimate of drug-likeness (QED) is 0.827. The van der Waals surface area contributed by atoms with Gasteiger partial charge in [-0.2, -0.15) is 0 Å². The van der Waals surface area contributed by atoms with E-state index in [1.165, 1.54) is 5.56 Å². The fraction of sp³-hybridized carbons (Fsp3) is 0.650. The van der Waals surface area contributed by atoms with E-state index in [1.54, 1.807) is 0 Å². The van der Waals surface area contributed by atoms with Crippen LogP contribution in [0.15, 0.2) is 24.3 Å². The molecular weight excluding hydrogens is 318 g/mol. The summed E-state index contributed by atoms with van der Waals surface area (Å²) in [5, 5.41) is 0. The van der Waals surface area contributed by atoms with Gasteiger partial charge in [-0.25, -0.2) is 0 Å². The monoisotopic (exact) mass is 349 g/mol. The van der Waals surface area contributed by atoms with Crippen molar-refractivity contribution in [3.05, 3.63) is 29.8 Å². The summed E-state index contributed by atoms with van der Waals surface area (Å²) in [6.07, 6.45) is 1.36. The molecule has 0 unspecified atom stereocenters. The van der Waals surface area contributed by atoms with Crippen molar-refractivity contribution in [2.24, 2.45) is 17.6 Å². The maximum Gasteiger partial charge on any atom is 0.325 e. The van der Waals surface area contributed by atoms with Gasteiger partial charge in [-0.3, -0.25) is 4.79 Å². The second-order valence-electron chi connectivity index (χ2n) is 7.41. The Bertz CT molecular complexity index is 543. The van der Waals surface area contributed by atoms with E-state index in [0.29, 0.717) is 12.5 Å². The highest BCUT2D eigenvalue weighted by Gasteiger charge is 2.34. The van der Waals surface area contributed by atoms with Crippen LogP contribution >= 0.6 is 0 Å². The largest absolute Gasteiger partial charge is 0.486 e. The topological polar surface area (TPSA) is 70.8 Å². The molecule has 1 fully saturated rings. The van der Waals surface area contributed by atoms with Gasteiger partial charge in [-0.05, 0) is 38.3 Å². The average Bonchev–Trinajstić information content (AvgIpc) is 2.60. The molecule has 1 heterocycles. The molecule has 0 saturated carbocycles. The lowest BCUT2D eigenvalue weighted by molar-refractivity contribution is -0.155. The van der Waals surface area contributed by atoms with E-state index in [4.69, 9.17) is 19.9 Å². The van der Waals surface area contributed by atoms with Gasteiger partial charge in [0.1, 0.15) is 24.0 Å². The molecule has 1 aromatic rings. The Morgan fingerprint density at radius 2 is 1.92 bits per heavy atom. The summed E-state index contributed by atoms with van der Waals surface area (Å²) in [6.45, 7) is 9.00. The SMILES string of the molecule is Cc1ccc(O[C@@H]2[C@@H](CCC(C)C)COC[C@H](N)C(=O)O[C@H]2C)cc1. The second kappa shape index (κ2) is 9.20. The number of carbonyl (C=O) groups is 1. The summed E-state index contributed by atoms with van der Waals surface area (Å²) in [4.78, 5) is 12.1. The van der Waals surface area contributed by atoms with E-state index in [0.717, 1.165) is 18.6 Å². The van der Waals surface area contributed by atoms with E-state index >= 15 is 0 Å². The maximum atomic E-state index is 12.1. The molecule has 0 aromatic heterocycles. The summed E-state index contributed by atoms with van der Waals surface area (Å²) < 4.78 is 17.5. The van der Waals surface area contributed by atoms with E-state index in [2.05, 4.69) is 13.8 Å². The number of rotatable bonds is 5. The molecule has 1 aromatic carbocycles. The van der Waals surface area contributed by atoms with Crippen molar-refractivity contribution in [2.45, 2.75) is 58.8 Å². The number of cyclic esters (lactones) is 1. The van der Waals surface area contributed by atoms with Crippen molar-refractivity contribution < 1.29 is 19.0 Å². The molecule has 2 N–H and O–H groups in total. The smallest absolute Gasteiger partial charge is 0.325 e. The standard InChI is InChI=1S/C20H31NO4/c1-13(2)5-8-16-11-23-12-18(21)20(22)24-15(4)19(16)25-17-9-6-14(3)7-10-17/h6-7,9-10,13,15-16,18-19H,5,8,11-12,21H2,1-4H3/t15-,16-,18-,19-/m0/s1. The van der Waals surface area contributed by atoms with E-state index in [-0.39, 0.29) is 18.6 Å². The summed E-state index contributed by atoms with van der Waals surface area (Å²) in [7, 11) is 0. The van der Waals surface area contributed by atoms with Crippen molar-refractivity contribution >= 4 is 5.97 Å². The van der Waals surface area contributed by atoms with Crippen LogP contribution in [0.2, 0.25) is 0 Å². The number of esters is 1. The van der Waals surface area contributed by atoms with Crippen LogP contribution in [0.4, 0.5) is 0 Å². The number of carbonyl (C=O) groups excluding carboxylic acids is 1. The zero-order chi connectivity index (χ0) is 18.4. The van der Waals surface area contributed by atoms with Crippen LogP contribution in [-0.2, 0) is 14.3 Å². The van der Waals surface area contributed by atoms with Crippen LogP contribution in [0.1, 0.15) is 39.2 Å². The predicted octanol–water partition coefficient (Wildman–Crippen LogP) is 3.08. The van der Waals surface area contributed by atoms with Gasteiger partial charge in [0.2, 0.25) is 0 Å². The van der Waals surface area contributed by atoms with Gasteiger partial charge in [0.25, 0.3) is 0 Å². The zero-order valence-electron chi connectivity index (χ0n) is 15.7. The minimum Gasteiger partial charge on any atom is -0.486 e. The molecular formula is C20H31NO4. The third kappa shape index (κ3) is 6.01. The molecule has 0 bridgehead atoms. The third-order valence-corrected chi connectivity index (χ3v) is 4.57. The third-order valence-electron chi connectivity index (χ3n) is 4.57. The molecule has 0 amide bonds. The van der Waals surface area contributed by atoms with Gasteiger partial charge < -0.3 is 19.9 Å². The highest BCUT2D eigenvalue weighted by atomic mass is 16.6. The Kier molecular flexibility index (Phi) is 7.26. The first-order valence-corrected chi connectivity index (χ1v) is 9.14.